The number of azo groups is 1. The van der Waals surface area contributed by atoms with Gasteiger partial charge in [-0.05, 0) is 25.1 Å². The molecule has 1 amide bonds. The lowest BCUT2D eigenvalue weighted by Gasteiger charge is -2.13. The number of nitrogens with one attached hydrogen (secondary N) is 1. The van der Waals surface area contributed by atoms with Crippen molar-refractivity contribution in [3.05, 3.63) is 104 Å². The largest absolute Gasteiger partial charge is 0.505 e. The fourth-order valence-corrected chi connectivity index (χ4v) is 4.58. The van der Waals surface area contributed by atoms with Gasteiger partial charge in [-0.2, -0.15) is 0 Å². The van der Waals surface area contributed by atoms with Crippen LogP contribution >= 0.6 is 0 Å². The average Bonchev–Trinajstić information content (AvgIpc) is 2.89. The fraction of sp³-hybridized carbons (Fsp3) is 0.0417. The van der Waals surface area contributed by atoms with Gasteiger partial charge in [0.2, 0.25) is 0 Å². The zero-order valence-electron chi connectivity index (χ0n) is 19.4. The van der Waals surface area contributed by atoms with Crippen molar-refractivity contribution in [1.29, 1.82) is 0 Å². The van der Waals surface area contributed by atoms with E-state index in [2.05, 4.69) is 15.0 Å². The van der Waals surface area contributed by atoms with Crippen LogP contribution in [0, 0.1) is 27.2 Å². The highest BCUT2D eigenvalue weighted by Gasteiger charge is 2.21. The van der Waals surface area contributed by atoms with Crippen molar-refractivity contribution in [2.75, 3.05) is 4.72 Å². The summed E-state index contributed by atoms with van der Waals surface area (Å²) >= 11 is 0. The van der Waals surface area contributed by atoms with Crippen LogP contribution in [-0.4, -0.2) is 29.3 Å². The van der Waals surface area contributed by atoms with Crippen molar-refractivity contribution in [3.63, 3.8) is 0 Å². The first-order valence-electron chi connectivity index (χ1n) is 10.7. The SMILES string of the molecule is Cc1ccc(S(=O)(=O)Nc2cc(N=NC(=O)c3cc([N+](=O)[O-])cc([N+](=O)[O-])c3)c(O)c3ccccc23)cc1. The lowest BCUT2D eigenvalue weighted by molar-refractivity contribution is -0.394. The third-order valence-electron chi connectivity index (χ3n) is 5.39. The molecule has 0 saturated carbocycles. The summed E-state index contributed by atoms with van der Waals surface area (Å²) in [5.74, 6) is -1.58. The smallest absolute Gasteiger partial charge is 0.295 e. The van der Waals surface area contributed by atoms with Gasteiger partial charge in [0.25, 0.3) is 27.3 Å². The first-order chi connectivity index (χ1) is 18.0. The molecule has 0 radical (unpaired) electrons. The zero-order valence-corrected chi connectivity index (χ0v) is 20.2. The molecule has 0 aliphatic rings. The van der Waals surface area contributed by atoms with Crippen molar-refractivity contribution in [2.24, 2.45) is 10.2 Å². The summed E-state index contributed by atoms with van der Waals surface area (Å²) in [7, 11) is -4.05. The van der Waals surface area contributed by atoms with Crippen molar-refractivity contribution >= 4 is 49.5 Å². The van der Waals surface area contributed by atoms with E-state index >= 15 is 0 Å². The molecule has 14 heteroatoms. The second-order valence-corrected chi connectivity index (χ2v) is 9.70. The predicted octanol–water partition coefficient (Wildman–Crippen LogP) is 5.40. The minimum Gasteiger partial charge on any atom is -0.505 e. The second-order valence-electron chi connectivity index (χ2n) is 8.01. The second kappa shape index (κ2) is 10.0. The molecule has 0 spiro atoms. The molecule has 0 heterocycles. The zero-order chi connectivity index (χ0) is 27.6. The Morgan fingerprint density at radius 2 is 1.47 bits per heavy atom. The molecule has 0 aliphatic carbocycles. The van der Waals surface area contributed by atoms with E-state index in [0.717, 1.165) is 23.8 Å². The lowest BCUT2D eigenvalue weighted by atomic mass is 10.1. The van der Waals surface area contributed by atoms with Crippen LogP contribution in [0.1, 0.15) is 15.9 Å². The summed E-state index contributed by atoms with van der Waals surface area (Å²) in [5.41, 5.74) is -1.26. The molecular formula is C24H17N5O8S. The number of sulfonamides is 1. The highest BCUT2D eigenvalue weighted by Crippen LogP contribution is 2.40. The van der Waals surface area contributed by atoms with Gasteiger partial charge in [0.15, 0.2) is 5.75 Å². The molecular weight excluding hydrogens is 518 g/mol. The summed E-state index contributed by atoms with van der Waals surface area (Å²) in [6.45, 7) is 1.81. The highest BCUT2D eigenvalue weighted by molar-refractivity contribution is 7.92. The van der Waals surface area contributed by atoms with Crippen LogP contribution in [0.15, 0.2) is 87.9 Å². The summed E-state index contributed by atoms with van der Waals surface area (Å²) in [6, 6.07) is 15.9. The van der Waals surface area contributed by atoms with Crippen molar-refractivity contribution in [2.45, 2.75) is 11.8 Å². The van der Waals surface area contributed by atoms with Crippen LogP contribution in [-0.2, 0) is 10.0 Å². The maximum absolute atomic E-state index is 13.0. The van der Waals surface area contributed by atoms with Gasteiger partial charge in [0.05, 0.1) is 32.1 Å². The highest BCUT2D eigenvalue weighted by atomic mass is 32.2. The number of phenolic OH excluding ortho intramolecular Hbond substituents is 1. The van der Waals surface area contributed by atoms with Crippen LogP contribution in [0.25, 0.3) is 10.8 Å². The number of rotatable bonds is 7. The van der Waals surface area contributed by atoms with E-state index in [0.29, 0.717) is 11.5 Å². The van der Waals surface area contributed by atoms with Gasteiger partial charge in [0.1, 0.15) is 5.69 Å². The Morgan fingerprint density at radius 3 is 2.05 bits per heavy atom. The van der Waals surface area contributed by atoms with E-state index < -0.39 is 48.5 Å². The van der Waals surface area contributed by atoms with Gasteiger partial charge in [-0.1, -0.05) is 42.0 Å². The summed E-state index contributed by atoms with van der Waals surface area (Å²) in [6.07, 6.45) is 0. The molecule has 13 nitrogen and oxygen atoms in total. The molecule has 0 aromatic heterocycles. The number of nitro groups is 2. The van der Waals surface area contributed by atoms with Gasteiger partial charge >= 0.3 is 0 Å². The van der Waals surface area contributed by atoms with Gasteiger partial charge in [-0.15, -0.1) is 10.2 Å². The number of nitrogens with zero attached hydrogens (tertiary/aromatic N) is 4. The molecule has 0 atom stereocenters. The van der Waals surface area contributed by atoms with Crippen molar-refractivity contribution in [1.82, 2.24) is 0 Å². The van der Waals surface area contributed by atoms with Crippen LogP contribution in [0.5, 0.6) is 5.75 Å². The Balaban J connectivity index is 1.75. The Labute approximate surface area is 214 Å². The summed E-state index contributed by atoms with van der Waals surface area (Å²) in [5, 5.41) is 40.6. The number of aryl methyl sites for hydroxylation is 1. The van der Waals surface area contributed by atoms with Crippen LogP contribution in [0.2, 0.25) is 0 Å². The quantitative estimate of drug-likeness (QED) is 0.136. The summed E-state index contributed by atoms with van der Waals surface area (Å²) in [4.78, 5) is 33.0. The number of fused-ring (bicyclic) bond motifs is 1. The van der Waals surface area contributed by atoms with Crippen LogP contribution in [0.3, 0.4) is 0 Å². The van der Waals surface area contributed by atoms with E-state index in [-0.39, 0.29) is 21.7 Å². The Kier molecular flexibility index (Phi) is 6.81. The number of hydrogen-bond acceptors (Lipinski definition) is 9. The van der Waals surface area contributed by atoms with Crippen molar-refractivity contribution < 1.29 is 28.2 Å². The number of amides is 1. The molecule has 0 saturated heterocycles. The van der Waals surface area contributed by atoms with Gasteiger partial charge in [0, 0.05) is 22.9 Å². The van der Waals surface area contributed by atoms with E-state index in [1.807, 2.05) is 6.92 Å². The van der Waals surface area contributed by atoms with Crippen molar-refractivity contribution in [3.8, 4) is 5.75 Å². The third-order valence-corrected chi connectivity index (χ3v) is 6.77. The topological polar surface area (TPSA) is 194 Å². The van der Waals surface area contributed by atoms with Gasteiger partial charge in [-0.3, -0.25) is 29.7 Å². The first-order valence-corrected chi connectivity index (χ1v) is 12.2. The maximum atomic E-state index is 13.0. The molecule has 4 rings (SSSR count). The number of carbonyl (C=O) groups excluding carboxylic acids is 1. The van der Waals surface area contributed by atoms with E-state index in [9.17, 15) is 38.5 Å². The minimum absolute atomic E-state index is 0.00845. The number of carbonyl (C=O) groups is 1. The normalized spacial score (nSPS) is 11.5. The molecule has 4 aromatic carbocycles. The Hall–Kier alpha value is -5.24. The molecule has 0 unspecified atom stereocenters. The molecule has 192 valence electrons. The number of phenols is 1. The van der Waals surface area contributed by atoms with E-state index in [1.165, 1.54) is 18.2 Å². The molecule has 0 bridgehead atoms. The van der Waals surface area contributed by atoms with Crippen LogP contribution in [0.4, 0.5) is 22.7 Å². The van der Waals surface area contributed by atoms with Gasteiger partial charge < -0.3 is 5.11 Å². The Bertz CT molecular complexity index is 1720. The fourth-order valence-electron chi connectivity index (χ4n) is 3.51. The lowest BCUT2D eigenvalue weighted by Crippen LogP contribution is -2.13. The Morgan fingerprint density at radius 1 is 0.895 bits per heavy atom. The standard InChI is InChI=1S/C24H17N5O8S/c1-14-6-8-18(9-7-14)38(36,37)27-21-13-22(23(30)20-5-3-2-4-19(20)21)25-26-24(31)15-10-16(28(32)33)12-17(11-15)29(34)35/h2-13,27,30H,1H3. The molecule has 4 aromatic rings. The number of anilines is 1. The van der Waals surface area contributed by atoms with Crippen LogP contribution < -0.4 is 4.72 Å². The molecule has 0 fully saturated rings. The monoisotopic (exact) mass is 535 g/mol. The third kappa shape index (κ3) is 5.29. The average molecular weight is 535 g/mol. The van der Waals surface area contributed by atoms with E-state index in [1.54, 1.807) is 30.3 Å². The number of non-ortho nitro benzene ring substituents is 2. The number of benzene rings is 4. The predicted molar refractivity (Wildman–Crippen MR) is 136 cm³/mol. The van der Waals surface area contributed by atoms with E-state index in [4.69, 9.17) is 0 Å². The number of nitro benzene ring substituents is 2. The van der Waals surface area contributed by atoms with Gasteiger partial charge in [-0.25, -0.2) is 8.42 Å². The minimum atomic E-state index is -4.05. The first kappa shape index (κ1) is 25.8. The molecule has 2 N–H and O–H groups in total. The maximum Gasteiger partial charge on any atom is 0.295 e. The number of hydrogen-bond donors (Lipinski definition) is 2. The molecule has 0 aliphatic heterocycles. The summed E-state index contributed by atoms with van der Waals surface area (Å²) < 4.78 is 28.4. The molecule has 38 heavy (non-hydrogen) atoms. The number of aromatic hydroxyl groups is 1.